The first kappa shape index (κ1) is 16.7. The summed E-state index contributed by atoms with van der Waals surface area (Å²) in [5.41, 5.74) is 6.12. The van der Waals surface area contributed by atoms with Crippen LogP contribution in [-0.4, -0.2) is 43.7 Å². The number of amides is 1. The van der Waals surface area contributed by atoms with E-state index < -0.39 is 0 Å². The van der Waals surface area contributed by atoms with Crippen LogP contribution >= 0.6 is 12.4 Å². The molecule has 4 nitrogen and oxygen atoms in total. The van der Waals surface area contributed by atoms with Crippen LogP contribution < -0.4 is 5.73 Å². The van der Waals surface area contributed by atoms with E-state index >= 15 is 0 Å². The van der Waals surface area contributed by atoms with E-state index in [-0.39, 0.29) is 24.4 Å². The normalized spacial score (nSPS) is 22.8. The van der Waals surface area contributed by atoms with Gasteiger partial charge in [0.1, 0.15) is 0 Å². The number of carbonyl (C=O) groups is 1. The average Bonchev–Trinajstić information content (AvgIpc) is 2.91. The van der Waals surface area contributed by atoms with Gasteiger partial charge < -0.3 is 15.4 Å². The summed E-state index contributed by atoms with van der Waals surface area (Å²) in [6.45, 7) is 2.38. The number of nitrogens with two attached hydrogens (primary N) is 1. The lowest BCUT2D eigenvalue weighted by molar-refractivity contribution is -0.133. The Balaban J connectivity index is 0.00000180. The average molecular weight is 291 g/mol. The summed E-state index contributed by atoms with van der Waals surface area (Å²) in [6.07, 6.45) is 7.01. The van der Waals surface area contributed by atoms with Gasteiger partial charge in [0.05, 0.1) is 6.04 Å². The predicted octanol–water partition coefficient (Wildman–Crippen LogP) is 1.81. The minimum atomic E-state index is -0.333. The second kappa shape index (κ2) is 8.08. The fourth-order valence-corrected chi connectivity index (χ4v) is 3.20. The van der Waals surface area contributed by atoms with E-state index in [0.29, 0.717) is 11.8 Å². The number of rotatable bonds is 4. The molecule has 1 amide bonds. The van der Waals surface area contributed by atoms with Gasteiger partial charge in [0.2, 0.25) is 5.91 Å². The Morgan fingerprint density at radius 2 is 1.84 bits per heavy atom. The van der Waals surface area contributed by atoms with E-state index in [1.807, 2.05) is 11.9 Å². The van der Waals surface area contributed by atoms with Gasteiger partial charge in [-0.25, -0.2) is 0 Å². The Hall–Kier alpha value is -0.320. The van der Waals surface area contributed by atoms with Crippen LogP contribution in [0, 0.1) is 11.8 Å². The van der Waals surface area contributed by atoms with Crippen molar-refractivity contribution in [2.24, 2.45) is 17.6 Å². The Bertz CT molecular complexity index is 277. The van der Waals surface area contributed by atoms with Crippen LogP contribution in [0.15, 0.2) is 0 Å². The fraction of sp³-hybridized carbons (Fsp3) is 0.929. The maximum Gasteiger partial charge on any atom is 0.239 e. The lowest BCUT2D eigenvalue weighted by Gasteiger charge is -2.30. The highest BCUT2D eigenvalue weighted by molar-refractivity contribution is 5.85. The standard InChI is InChI=1S/C14H26N2O2.ClH/c1-16(10-11-4-2-3-5-11)14(17)13(15)12-6-8-18-9-7-12;/h11-13H,2-10,15H2,1H3;1H. The molecule has 2 rings (SSSR count). The summed E-state index contributed by atoms with van der Waals surface area (Å²) in [5.74, 6) is 1.12. The van der Waals surface area contributed by atoms with Gasteiger partial charge in [0.15, 0.2) is 0 Å². The number of nitrogens with zero attached hydrogens (tertiary/aromatic N) is 1. The molecule has 1 aliphatic carbocycles. The molecule has 0 aromatic heterocycles. The first-order valence-corrected chi connectivity index (χ1v) is 7.27. The first-order valence-electron chi connectivity index (χ1n) is 7.27. The minimum absolute atomic E-state index is 0. The van der Waals surface area contributed by atoms with Gasteiger partial charge in [-0.3, -0.25) is 4.79 Å². The molecule has 0 aromatic rings. The number of hydrogen-bond acceptors (Lipinski definition) is 3. The van der Waals surface area contributed by atoms with Crippen molar-refractivity contribution in [2.75, 3.05) is 26.8 Å². The Labute approximate surface area is 122 Å². The fourth-order valence-electron chi connectivity index (χ4n) is 3.20. The van der Waals surface area contributed by atoms with Crippen molar-refractivity contribution in [1.82, 2.24) is 4.90 Å². The van der Waals surface area contributed by atoms with Gasteiger partial charge in [0.25, 0.3) is 0 Å². The zero-order valence-electron chi connectivity index (χ0n) is 11.8. The largest absolute Gasteiger partial charge is 0.381 e. The van der Waals surface area contributed by atoms with Crippen LogP contribution in [0.5, 0.6) is 0 Å². The molecule has 1 atom stereocenters. The van der Waals surface area contributed by atoms with E-state index in [2.05, 4.69) is 0 Å². The van der Waals surface area contributed by atoms with Gasteiger partial charge in [-0.05, 0) is 37.5 Å². The third-order valence-corrected chi connectivity index (χ3v) is 4.44. The van der Waals surface area contributed by atoms with Crippen molar-refractivity contribution in [2.45, 2.75) is 44.6 Å². The number of carbonyl (C=O) groups excluding carboxylic acids is 1. The highest BCUT2D eigenvalue weighted by atomic mass is 35.5. The molecule has 0 spiro atoms. The molecule has 0 aromatic carbocycles. The maximum atomic E-state index is 12.3. The Kier molecular flexibility index (Phi) is 7.11. The number of halogens is 1. The second-order valence-electron chi connectivity index (χ2n) is 5.84. The van der Waals surface area contributed by atoms with Crippen molar-refractivity contribution in [3.63, 3.8) is 0 Å². The van der Waals surface area contributed by atoms with E-state index in [9.17, 15) is 4.79 Å². The molecular formula is C14H27ClN2O2. The Morgan fingerprint density at radius 3 is 2.42 bits per heavy atom. The molecule has 1 saturated carbocycles. The van der Waals surface area contributed by atoms with Gasteiger partial charge in [-0.2, -0.15) is 0 Å². The summed E-state index contributed by atoms with van der Waals surface area (Å²) >= 11 is 0. The van der Waals surface area contributed by atoms with E-state index in [1.54, 1.807) is 0 Å². The number of likely N-dealkylation sites (N-methyl/N-ethyl adjacent to an activating group) is 1. The molecule has 0 radical (unpaired) electrons. The van der Waals surface area contributed by atoms with Crippen LogP contribution in [0.25, 0.3) is 0 Å². The van der Waals surface area contributed by atoms with E-state index in [4.69, 9.17) is 10.5 Å². The van der Waals surface area contributed by atoms with E-state index in [0.717, 1.165) is 32.6 Å². The van der Waals surface area contributed by atoms with Crippen LogP contribution in [0.2, 0.25) is 0 Å². The van der Waals surface area contributed by atoms with Crippen molar-refractivity contribution in [1.29, 1.82) is 0 Å². The molecule has 2 N–H and O–H groups in total. The summed E-state index contributed by atoms with van der Waals surface area (Å²) in [4.78, 5) is 14.1. The second-order valence-corrected chi connectivity index (χ2v) is 5.84. The summed E-state index contributed by atoms with van der Waals surface area (Å²) in [6, 6.07) is -0.333. The van der Waals surface area contributed by atoms with Gasteiger partial charge in [-0.1, -0.05) is 12.8 Å². The van der Waals surface area contributed by atoms with Crippen molar-refractivity contribution >= 4 is 18.3 Å². The third-order valence-electron chi connectivity index (χ3n) is 4.44. The molecule has 112 valence electrons. The van der Waals surface area contributed by atoms with Crippen LogP contribution in [0.3, 0.4) is 0 Å². The molecular weight excluding hydrogens is 264 g/mol. The highest BCUT2D eigenvalue weighted by Crippen LogP contribution is 2.26. The zero-order chi connectivity index (χ0) is 13.0. The predicted molar refractivity (Wildman–Crippen MR) is 78.4 cm³/mol. The van der Waals surface area contributed by atoms with Gasteiger partial charge >= 0.3 is 0 Å². The Morgan fingerprint density at radius 1 is 1.26 bits per heavy atom. The topological polar surface area (TPSA) is 55.6 Å². The van der Waals surface area contributed by atoms with Crippen LogP contribution in [0.1, 0.15) is 38.5 Å². The SMILES string of the molecule is CN(CC1CCCC1)C(=O)C(N)C1CCOCC1.Cl. The first-order chi connectivity index (χ1) is 8.68. The maximum absolute atomic E-state index is 12.3. The number of ether oxygens (including phenoxy) is 1. The third kappa shape index (κ3) is 4.62. The van der Waals surface area contributed by atoms with Crippen molar-refractivity contribution in [3.8, 4) is 0 Å². The molecule has 0 bridgehead atoms. The smallest absolute Gasteiger partial charge is 0.239 e. The molecule has 5 heteroatoms. The van der Waals surface area contributed by atoms with Crippen LogP contribution in [-0.2, 0) is 9.53 Å². The summed E-state index contributed by atoms with van der Waals surface area (Å²) in [7, 11) is 1.90. The molecule has 19 heavy (non-hydrogen) atoms. The van der Waals surface area contributed by atoms with Gasteiger partial charge in [0, 0.05) is 26.8 Å². The molecule has 2 fully saturated rings. The molecule has 2 aliphatic rings. The van der Waals surface area contributed by atoms with Crippen molar-refractivity contribution in [3.05, 3.63) is 0 Å². The summed E-state index contributed by atoms with van der Waals surface area (Å²) < 4.78 is 5.32. The van der Waals surface area contributed by atoms with Gasteiger partial charge in [-0.15, -0.1) is 12.4 Å². The molecule has 1 unspecified atom stereocenters. The minimum Gasteiger partial charge on any atom is -0.381 e. The number of hydrogen-bond donors (Lipinski definition) is 1. The highest BCUT2D eigenvalue weighted by Gasteiger charge is 2.29. The molecule has 1 aliphatic heterocycles. The lowest BCUT2D eigenvalue weighted by Crippen LogP contribution is -2.48. The lowest BCUT2D eigenvalue weighted by atomic mass is 9.91. The van der Waals surface area contributed by atoms with Crippen LogP contribution in [0.4, 0.5) is 0 Å². The summed E-state index contributed by atoms with van der Waals surface area (Å²) in [5, 5.41) is 0. The van der Waals surface area contributed by atoms with Crippen molar-refractivity contribution < 1.29 is 9.53 Å². The monoisotopic (exact) mass is 290 g/mol. The molecule has 1 saturated heterocycles. The zero-order valence-corrected chi connectivity index (χ0v) is 12.7. The quantitative estimate of drug-likeness (QED) is 0.859. The van der Waals surface area contributed by atoms with E-state index in [1.165, 1.54) is 25.7 Å². The molecule has 1 heterocycles.